The van der Waals surface area contributed by atoms with Gasteiger partial charge >= 0.3 is 5.97 Å². The summed E-state index contributed by atoms with van der Waals surface area (Å²) in [5.74, 6) is -0.886. The van der Waals surface area contributed by atoms with E-state index in [-0.39, 0.29) is 16.0 Å². The number of ether oxygens (including phenoxy) is 1. The zero-order chi connectivity index (χ0) is 33.1. The number of rotatable bonds is 19. The number of hydrogen-bond acceptors (Lipinski definition) is 6. The molecule has 0 radical (unpaired) electrons. The molecule has 1 fully saturated rings. The highest BCUT2D eigenvalue weighted by molar-refractivity contribution is 6.74. The molecule has 0 aromatic rings. The van der Waals surface area contributed by atoms with E-state index in [2.05, 4.69) is 80.0 Å². The Bertz CT molecular complexity index is 877. The van der Waals surface area contributed by atoms with Gasteiger partial charge in [0.05, 0.1) is 0 Å². The predicted molar refractivity (Wildman–Crippen MR) is 183 cm³/mol. The molecule has 0 aromatic heterocycles. The minimum Gasteiger partial charge on any atom is -0.455 e. The van der Waals surface area contributed by atoms with E-state index < -0.39 is 47.0 Å². The highest BCUT2D eigenvalue weighted by Crippen LogP contribution is 2.40. The molecule has 0 spiro atoms. The Labute approximate surface area is 266 Å². The summed E-state index contributed by atoms with van der Waals surface area (Å²) in [6.45, 7) is 25.8. The molecule has 0 saturated carbocycles. The summed E-state index contributed by atoms with van der Waals surface area (Å²) in [5, 5.41) is 13.8. The summed E-state index contributed by atoms with van der Waals surface area (Å²) in [4.78, 5) is 24.5. The fourth-order valence-corrected chi connectivity index (χ4v) is 7.59. The van der Waals surface area contributed by atoms with Crippen molar-refractivity contribution in [1.82, 2.24) is 5.32 Å². The van der Waals surface area contributed by atoms with Crippen molar-refractivity contribution in [3.63, 3.8) is 0 Å². The first kappa shape index (κ1) is 40.0. The molecule has 9 heteroatoms. The first-order valence-corrected chi connectivity index (χ1v) is 22.7. The molecular formula is C34H67NO6Si2. The second-order valence-electron chi connectivity index (χ2n) is 15.7. The predicted octanol–water partition coefficient (Wildman–Crippen LogP) is 8.43. The molecule has 1 amide bonds. The second kappa shape index (κ2) is 17.6. The average Bonchev–Trinajstić information content (AvgIpc) is 3.15. The third kappa shape index (κ3) is 13.5. The fourth-order valence-electron chi connectivity index (χ4n) is 4.86. The van der Waals surface area contributed by atoms with Gasteiger partial charge in [0.2, 0.25) is 5.91 Å². The molecule has 43 heavy (non-hydrogen) atoms. The third-order valence-corrected chi connectivity index (χ3v) is 18.7. The summed E-state index contributed by atoms with van der Waals surface area (Å²) in [6, 6.07) is -0.921. The van der Waals surface area contributed by atoms with Crippen LogP contribution in [0.15, 0.2) is 12.2 Å². The lowest BCUT2D eigenvalue weighted by atomic mass is 10.0. The van der Waals surface area contributed by atoms with E-state index in [1.807, 2.05) is 6.08 Å². The van der Waals surface area contributed by atoms with Gasteiger partial charge in [-0.05, 0) is 61.9 Å². The number of amides is 1. The van der Waals surface area contributed by atoms with Crippen LogP contribution in [0.2, 0.25) is 36.3 Å². The highest BCUT2D eigenvalue weighted by atomic mass is 28.4. The molecule has 1 aliphatic rings. The Balaban J connectivity index is 2.64. The number of nitrogens with one attached hydrogen (secondary N) is 1. The number of unbranched alkanes of at least 4 members (excludes halogenated alkanes) is 7. The van der Waals surface area contributed by atoms with Gasteiger partial charge < -0.3 is 24.0 Å². The van der Waals surface area contributed by atoms with Gasteiger partial charge in [0.1, 0.15) is 12.2 Å². The minimum absolute atomic E-state index is 0.101. The summed E-state index contributed by atoms with van der Waals surface area (Å²) < 4.78 is 18.9. The summed E-state index contributed by atoms with van der Waals surface area (Å²) in [5.41, 5.74) is 0. The Morgan fingerprint density at radius 2 is 1.47 bits per heavy atom. The molecule has 0 unspecified atom stereocenters. The number of carbonyl (C=O) groups is 2. The van der Waals surface area contributed by atoms with Crippen LogP contribution in [-0.4, -0.2) is 64.1 Å². The maximum atomic E-state index is 12.7. The molecule has 0 aromatic carbocycles. The molecule has 7 nitrogen and oxygen atoms in total. The van der Waals surface area contributed by atoms with Crippen molar-refractivity contribution >= 4 is 28.5 Å². The zero-order valence-corrected chi connectivity index (χ0v) is 31.8. The molecular weight excluding hydrogens is 575 g/mol. The van der Waals surface area contributed by atoms with E-state index >= 15 is 0 Å². The third-order valence-electron chi connectivity index (χ3n) is 9.72. The number of cyclic esters (lactones) is 1. The Morgan fingerprint density at radius 1 is 0.930 bits per heavy atom. The smallest absolute Gasteiger partial charge is 0.331 e. The van der Waals surface area contributed by atoms with Crippen LogP contribution in [0, 0.1) is 0 Å². The van der Waals surface area contributed by atoms with Gasteiger partial charge in [-0.25, -0.2) is 4.79 Å². The number of hydrogen-bond donors (Lipinski definition) is 2. The molecule has 1 saturated heterocycles. The van der Waals surface area contributed by atoms with Crippen LogP contribution in [0.1, 0.15) is 126 Å². The number of aliphatic hydroxyl groups excluding tert-OH is 1. The quantitative estimate of drug-likeness (QED) is 0.0636. The SMILES string of the molecule is CCCCCC[C@H](CCCCCC/C=C/[C@H](O)[C@H]1OC(=O)[C@@H](NC(C)=O)[C@H]1O[Si](C)(C)C(C)(C)C)O[Si](C)(C)C(C)(C)C. The lowest BCUT2D eigenvalue weighted by molar-refractivity contribution is -0.146. The van der Waals surface area contributed by atoms with Crippen molar-refractivity contribution < 1.29 is 28.3 Å². The molecule has 252 valence electrons. The molecule has 2 N–H and O–H groups in total. The van der Waals surface area contributed by atoms with E-state index in [1.54, 1.807) is 6.08 Å². The average molecular weight is 642 g/mol. The Kier molecular flexibility index (Phi) is 16.4. The van der Waals surface area contributed by atoms with Gasteiger partial charge in [-0.15, -0.1) is 0 Å². The van der Waals surface area contributed by atoms with Gasteiger partial charge in [0.15, 0.2) is 28.8 Å². The second-order valence-corrected chi connectivity index (χ2v) is 25.2. The monoisotopic (exact) mass is 641 g/mol. The van der Waals surface area contributed by atoms with Crippen molar-refractivity contribution in [1.29, 1.82) is 0 Å². The van der Waals surface area contributed by atoms with Crippen LogP contribution >= 0.6 is 0 Å². The number of esters is 1. The van der Waals surface area contributed by atoms with E-state index in [9.17, 15) is 14.7 Å². The Morgan fingerprint density at radius 3 is 1.98 bits per heavy atom. The molecule has 1 aliphatic heterocycles. The van der Waals surface area contributed by atoms with Gasteiger partial charge in [-0.1, -0.05) is 106 Å². The van der Waals surface area contributed by atoms with Crippen LogP contribution in [0.4, 0.5) is 0 Å². The first-order chi connectivity index (χ1) is 19.7. The van der Waals surface area contributed by atoms with Crippen LogP contribution in [0.5, 0.6) is 0 Å². The Hall–Kier alpha value is -1.01. The maximum Gasteiger partial charge on any atom is 0.331 e. The van der Waals surface area contributed by atoms with E-state index in [0.29, 0.717) is 6.10 Å². The summed E-state index contributed by atoms with van der Waals surface area (Å²) >= 11 is 0. The highest BCUT2D eigenvalue weighted by Gasteiger charge is 2.52. The van der Waals surface area contributed by atoms with Crippen molar-refractivity contribution in [2.24, 2.45) is 0 Å². The van der Waals surface area contributed by atoms with Gasteiger partial charge in [0, 0.05) is 13.0 Å². The molecule has 1 rings (SSSR count). The largest absolute Gasteiger partial charge is 0.455 e. The van der Waals surface area contributed by atoms with E-state index in [1.165, 1.54) is 51.9 Å². The fraction of sp³-hybridized carbons (Fsp3) is 0.882. The normalized spacial score (nSPS) is 21.7. The first-order valence-electron chi connectivity index (χ1n) is 16.9. The van der Waals surface area contributed by atoms with Gasteiger partial charge in [-0.3, -0.25) is 4.79 Å². The molecule has 5 atom stereocenters. The van der Waals surface area contributed by atoms with Gasteiger partial charge in [0.25, 0.3) is 0 Å². The van der Waals surface area contributed by atoms with Crippen molar-refractivity contribution in [2.75, 3.05) is 0 Å². The summed E-state index contributed by atoms with van der Waals surface area (Å²) in [6.07, 6.45) is 14.2. The topological polar surface area (TPSA) is 94.1 Å². The lowest BCUT2D eigenvalue weighted by Gasteiger charge is -2.40. The maximum absolute atomic E-state index is 12.7. The number of carbonyl (C=O) groups excluding carboxylic acids is 2. The number of allylic oxidation sites excluding steroid dienone is 1. The van der Waals surface area contributed by atoms with Crippen molar-refractivity contribution in [3.8, 4) is 0 Å². The molecule has 0 bridgehead atoms. The zero-order valence-electron chi connectivity index (χ0n) is 29.8. The minimum atomic E-state index is -2.31. The summed E-state index contributed by atoms with van der Waals surface area (Å²) in [7, 11) is -4.09. The number of aliphatic hydroxyl groups is 1. The van der Waals surface area contributed by atoms with Crippen LogP contribution in [0.3, 0.4) is 0 Å². The van der Waals surface area contributed by atoms with Crippen LogP contribution in [-0.2, 0) is 23.2 Å². The standard InChI is InChI=1S/C34H67NO6Si2/c1-13-14-15-20-23-27(40-42(9,10)33(3,4)5)24-21-18-16-17-19-22-25-28(37)30-31(41-43(11,12)34(6,7)8)29(32(38)39-30)35-26(2)36/h22,25,27-31,37H,13-21,23-24H2,1-12H3,(H,35,36)/b25-22+/t27-,28+,29+,30-,31-/m1/s1. The van der Waals surface area contributed by atoms with Crippen LogP contribution < -0.4 is 5.32 Å². The van der Waals surface area contributed by atoms with E-state index in [0.717, 1.165) is 25.7 Å². The molecule has 0 aliphatic carbocycles. The van der Waals surface area contributed by atoms with Crippen molar-refractivity contribution in [3.05, 3.63) is 12.2 Å². The lowest BCUT2D eigenvalue weighted by Crippen LogP contribution is -2.55. The van der Waals surface area contributed by atoms with E-state index in [4.69, 9.17) is 13.6 Å². The van der Waals surface area contributed by atoms with Gasteiger partial charge in [-0.2, -0.15) is 0 Å². The van der Waals surface area contributed by atoms with Crippen LogP contribution in [0.25, 0.3) is 0 Å². The molecule has 1 heterocycles. The van der Waals surface area contributed by atoms with Crippen molar-refractivity contribution in [2.45, 2.75) is 193 Å².